The van der Waals surface area contributed by atoms with E-state index in [-0.39, 0.29) is 6.42 Å². The number of rotatable bonds is 27. The van der Waals surface area contributed by atoms with Crippen molar-refractivity contribution in [2.45, 2.75) is 172 Å². The SMILES string of the molecule is CCCCCCCC/C=C\CCCCC(O)C(=O)NC(COC1OC(CO)C(O)C(OS(=O)(=O)O)C1O)C(O)CCCCCCC. The third-order valence-corrected chi connectivity index (χ3v) is 8.65. The molecule has 1 aliphatic rings. The van der Waals surface area contributed by atoms with E-state index in [0.717, 1.165) is 44.9 Å². The highest BCUT2D eigenvalue weighted by atomic mass is 32.3. The van der Waals surface area contributed by atoms with E-state index in [1.807, 2.05) is 0 Å². The summed E-state index contributed by atoms with van der Waals surface area (Å²) < 4.78 is 46.9. The van der Waals surface area contributed by atoms with Crippen molar-refractivity contribution in [2.24, 2.45) is 0 Å². The number of allylic oxidation sites excluding steroid dienone is 2. The van der Waals surface area contributed by atoms with Gasteiger partial charge in [0.25, 0.3) is 0 Å². The number of carbonyl (C=O) groups excluding carboxylic acids is 1. The van der Waals surface area contributed by atoms with E-state index in [4.69, 9.17) is 14.0 Å². The molecule has 1 aliphatic heterocycles. The van der Waals surface area contributed by atoms with Crippen molar-refractivity contribution in [3.05, 3.63) is 12.2 Å². The molecule has 1 rings (SSSR count). The van der Waals surface area contributed by atoms with Crippen LogP contribution in [0.4, 0.5) is 0 Å². The number of unbranched alkanes of at least 4 members (excludes halogenated alkanes) is 12. The van der Waals surface area contributed by atoms with Crippen LogP contribution < -0.4 is 5.32 Å². The summed E-state index contributed by atoms with van der Waals surface area (Å²) in [6, 6.07) is -1.03. The van der Waals surface area contributed by atoms with Crippen molar-refractivity contribution in [3.8, 4) is 0 Å². The molecule has 1 heterocycles. The molecule has 1 saturated heterocycles. The van der Waals surface area contributed by atoms with Crippen molar-refractivity contribution in [3.63, 3.8) is 0 Å². The van der Waals surface area contributed by atoms with Crippen LogP contribution in [-0.4, -0.2) is 107 Å². The van der Waals surface area contributed by atoms with Gasteiger partial charge in [0.1, 0.15) is 30.5 Å². The topological polar surface area (TPSA) is 212 Å². The first kappa shape index (κ1) is 42.8. The summed E-state index contributed by atoms with van der Waals surface area (Å²) in [5, 5.41) is 54.4. The third kappa shape index (κ3) is 18.4. The molecule has 1 amide bonds. The molecule has 8 unspecified atom stereocenters. The molecular formula is C32H61NO12S. The number of aliphatic hydroxyl groups is 5. The minimum absolute atomic E-state index is 0.229. The van der Waals surface area contributed by atoms with Crippen LogP contribution in [-0.2, 0) is 28.9 Å². The van der Waals surface area contributed by atoms with E-state index in [9.17, 15) is 38.7 Å². The summed E-state index contributed by atoms with van der Waals surface area (Å²) in [5.74, 6) is -0.696. The Hall–Kier alpha value is -1.20. The summed E-state index contributed by atoms with van der Waals surface area (Å²) in [4.78, 5) is 12.9. The fourth-order valence-electron chi connectivity index (χ4n) is 5.34. The maximum Gasteiger partial charge on any atom is 0.397 e. The average Bonchev–Trinajstić information content (AvgIpc) is 3.01. The van der Waals surface area contributed by atoms with E-state index in [1.165, 1.54) is 38.5 Å². The van der Waals surface area contributed by atoms with Crippen LogP contribution in [0.25, 0.3) is 0 Å². The van der Waals surface area contributed by atoms with Crippen molar-refractivity contribution >= 4 is 16.3 Å². The van der Waals surface area contributed by atoms with Gasteiger partial charge >= 0.3 is 10.4 Å². The van der Waals surface area contributed by atoms with E-state index in [0.29, 0.717) is 19.3 Å². The van der Waals surface area contributed by atoms with Crippen LogP contribution in [0.5, 0.6) is 0 Å². The van der Waals surface area contributed by atoms with Gasteiger partial charge in [-0.05, 0) is 38.5 Å². The highest BCUT2D eigenvalue weighted by Gasteiger charge is 2.48. The lowest BCUT2D eigenvalue weighted by molar-refractivity contribution is -0.298. The second-order valence-corrected chi connectivity index (χ2v) is 13.3. The summed E-state index contributed by atoms with van der Waals surface area (Å²) in [6.07, 6.45) is 9.26. The Morgan fingerprint density at radius 2 is 1.39 bits per heavy atom. The van der Waals surface area contributed by atoms with Crippen LogP contribution in [0.3, 0.4) is 0 Å². The number of nitrogens with one attached hydrogen (secondary N) is 1. The van der Waals surface area contributed by atoms with Gasteiger partial charge in [0, 0.05) is 0 Å². The first-order chi connectivity index (χ1) is 21.9. The van der Waals surface area contributed by atoms with E-state index in [2.05, 4.69) is 35.5 Å². The molecule has 14 heteroatoms. The average molecular weight is 684 g/mol. The van der Waals surface area contributed by atoms with Crippen LogP contribution in [0, 0.1) is 0 Å². The van der Waals surface area contributed by atoms with Gasteiger partial charge in [-0.15, -0.1) is 0 Å². The van der Waals surface area contributed by atoms with Gasteiger partial charge in [-0.2, -0.15) is 8.42 Å². The summed E-state index contributed by atoms with van der Waals surface area (Å²) in [6.45, 7) is 3.08. The summed E-state index contributed by atoms with van der Waals surface area (Å²) in [5.41, 5.74) is 0. The minimum Gasteiger partial charge on any atom is -0.394 e. The molecule has 8 atom stereocenters. The molecule has 0 aromatic heterocycles. The number of amides is 1. The lowest BCUT2D eigenvalue weighted by atomic mass is 9.99. The molecule has 0 radical (unpaired) electrons. The Morgan fingerprint density at radius 1 is 0.848 bits per heavy atom. The predicted octanol–water partition coefficient (Wildman–Crippen LogP) is 3.06. The number of hydrogen-bond donors (Lipinski definition) is 7. The molecule has 0 spiro atoms. The molecule has 13 nitrogen and oxygen atoms in total. The number of hydrogen-bond acceptors (Lipinski definition) is 11. The zero-order chi connectivity index (χ0) is 34.4. The first-order valence-corrected chi connectivity index (χ1v) is 18.5. The fraction of sp³-hybridized carbons (Fsp3) is 0.906. The van der Waals surface area contributed by atoms with Gasteiger partial charge in [0.2, 0.25) is 5.91 Å². The van der Waals surface area contributed by atoms with Crippen LogP contribution in [0.1, 0.15) is 123 Å². The van der Waals surface area contributed by atoms with E-state index in [1.54, 1.807) is 0 Å². The molecule has 0 aromatic carbocycles. The largest absolute Gasteiger partial charge is 0.397 e. The smallest absolute Gasteiger partial charge is 0.394 e. The van der Waals surface area contributed by atoms with Gasteiger partial charge in [-0.3, -0.25) is 9.35 Å². The minimum atomic E-state index is -5.09. The highest BCUT2D eigenvalue weighted by molar-refractivity contribution is 7.80. The molecule has 46 heavy (non-hydrogen) atoms. The Morgan fingerprint density at radius 3 is 1.98 bits per heavy atom. The van der Waals surface area contributed by atoms with Gasteiger partial charge in [-0.1, -0.05) is 96.6 Å². The molecular weight excluding hydrogens is 622 g/mol. The van der Waals surface area contributed by atoms with Crippen molar-refractivity contribution in [1.29, 1.82) is 0 Å². The second-order valence-electron chi connectivity index (χ2n) is 12.2. The highest BCUT2D eigenvalue weighted by Crippen LogP contribution is 2.26. The quantitative estimate of drug-likeness (QED) is 0.0378. The Bertz CT molecular complexity index is 921. The summed E-state index contributed by atoms with van der Waals surface area (Å²) in [7, 11) is -5.09. The molecule has 7 N–H and O–H groups in total. The number of aliphatic hydroxyl groups excluding tert-OH is 5. The van der Waals surface area contributed by atoms with E-state index >= 15 is 0 Å². The Balaban J connectivity index is 2.68. The molecule has 0 aliphatic carbocycles. The molecule has 272 valence electrons. The summed E-state index contributed by atoms with van der Waals surface area (Å²) >= 11 is 0. The van der Waals surface area contributed by atoms with Gasteiger partial charge in [0.05, 0.1) is 25.4 Å². The zero-order valence-electron chi connectivity index (χ0n) is 27.7. The standard InChI is InChI=1S/C32H61NO12S/c1-3-5-7-9-10-11-12-13-14-15-17-19-21-26(36)31(39)33-24(25(35)20-18-16-8-6-4-2)23-43-32-29(38)30(45-46(40,41)42)28(37)27(22-34)44-32/h13-14,24-30,32,34-38H,3-12,15-23H2,1-2H3,(H,33,39)(H,40,41,42)/b14-13-. The molecule has 0 bridgehead atoms. The third-order valence-electron chi connectivity index (χ3n) is 8.18. The van der Waals surface area contributed by atoms with Crippen LogP contribution >= 0.6 is 0 Å². The number of carbonyl (C=O) groups is 1. The van der Waals surface area contributed by atoms with Crippen molar-refractivity contribution in [1.82, 2.24) is 5.32 Å². The van der Waals surface area contributed by atoms with Crippen LogP contribution in [0.2, 0.25) is 0 Å². The first-order valence-electron chi connectivity index (χ1n) is 17.2. The lowest BCUT2D eigenvalue weighted by Gasteiger charge is -2.41. The predicted molar refractivity (Wildman–Crippen MR) is 173 cm³/mol. The Kier molecular flexibility index (Phi) is 23.2. The number of ether oxygens (including phenoxy) is 2. The van der Waals surface area contributed by atoms with Crippen molar-refractivity contribution in [2.75, 3.05) is 13.2 Å². The maximum atomic E-state index is 12.9. The van der Waals surface area contributed by atoms with Gasteiger partial charge in [0.15, 0.2) is 6.29 Å². The zero-order valence-corrected chi connectivity index (χ0v) is 28.6. The maximum absolute atomic E-state index is 12.9. The second kappa shape index (κ2) is 24.9. The lowest BCUT2D eigenvalue weighted by Crippen LogP contribution is -2.61. The Labute approximate surface area is 275 Å². The molecule has 0 aromatic rings. The van der Waals surface area contributed by atoms with Gasteiger partial charge in [-0.25, -0.2) is 4.18 Å². The monoisotopic (exact) mass is 683 g/mol. The van der Waals surface area contributed by atoms with E-state index < -0.39 is 78.5 Å². The molecule has 1 fully saturated rings. The van der Waals surface area contributed by atoms with Crippen molar-refractivity contribution < 1.29 is 57.0 Å². The fourth-order valence-corrected chi connectivity index (χ4v) is 5.85. The normalized spacial score (nSPS) is 24.2. The van der Waals surface area contributed by atoms with Gasteiger partial charge < -0.3 is 40.3 Å². The van der Waals surface area contributed by atoms with Crippen LogP contribution in [0.15, 0.2) is 12.2 Å². The molecule has 0 saturated carbocycles.